The Morgan fingerprint density at radius 2 is 1.92 bits per heavy atom. The third-order valence-electron chi connectivity index (χ3n) is 1.62. The van der Waals surface area contributed by atoms with Crippen molar-refractivity contribution in [2.75, 3.05) is 6.61 Å². The zero-order chi connectivity index (χ0) is 9.40. The van der Waals surface area contributed by atoms with Gasteiger partial charge in [0.2, 0.25) is 0 Å². The zero-order valence-electron chi connectivity index (χ0n) is 8.26. The van der Waals surface area contributed by atoms with Gasteiger partial charge in [0.1, 0.15) is 0 Å². The average molecular weight is 169 g/mol. The minimum Gasteiger partial charge on any atom is -0.300 e. The Labute approximate surface area is 75.1 Å². The lowest BCUT2D eigenvalue weighted by Gasteiger charge is -1.97. The van der Waals surface area contributed by atoms with E-state index in [1.807, 2.05) is 6.08 Å². The Hall–Kier alpha value is -0.600. The molecule has 0 aromatic rings. The van der Waals surface area contributed by atoms with Gasteiger partial charge < -0.3 is 4.84 Å². The molecule has 0 aliphatic rings. The second kappa shape index (κ2) is 7.07. The highest BCUT2D eigenvalue weighted by Crippen LogP contribution is 2.05. The average Bonchev–Trinajstić information content (AvgIpc) is 2.00. The molecule has 0 aliphatic carbocycles. The smallest absolute Gasteiger partial charge is 0.0863 e. The molecule has 0 amide bonds. The summed E-state index contributed by atoms with van der Waals surface area (Å²) in [6.45, 7) is 6.84. The summed E-state index contributed by atoms with van der Waals surface area (Å²) in [6.07, 6.45) is 6.45. The van der Waals surface area contributed by atoms with E-state index in [0.717, 1.165) is 12.8 Å². The summed E-state index contributed by atoms with van der Waals surface area (Å²) >= 11 is 0. The molecule has 0 heterocycles. The van der Waals surface area contributed by atoms with Crippen LogP contribution in [0.3, 0.4) is 0 Å². The largest absolute Gasteiger partial charge is 0.300 e. The molecule has 0 saturated heterocycles. The monoisotopic (exact) mass is 169 g/mol. The van der Waals surface area contributed by atoms with Crippen molar-refractivity contribution in [1.29, 1.82) is 0 Å². The molecule has 0 aromatic heterocycles. The number of hydrogen-bond acceptors (Lipinski definition) is 2. The van der Waals surface area contributed by atoms with Crippen molar-refractivity contribution in [2.24, 2.45) is 5.90 Å². The van der Waals surface area contributed by atoms with Crippen molar-refractivity contribution in [3.05, 3.63) is 23.3 Å². The fourth-order valence-electron chi connectivity index (χ4n) is 0.881. The van der Waals surface area contributed by atoms with Gasteiger partial charge in [-0.25, -0.2) is 5.90 Å². The van der Waals surface area contributed by atoms with Gasteiger partial charge in [-0.3, -0.25) is 0 Å². The van der Waals surface area contributed by atoms with Crippen LogP contribution < -0.4 is 5.90 Å². The van der Waals surface area contributed by atoms with Crippen molar-refractivity contribution in [3.8, 4) is 0 Å². The lowest BCUT2D eigenvalue weighted by molar-refractivity contribution is 0.167. The van der Waals surface area contributed by atoms with E-state index in [-0.39, 0.29) is 0 Å². The van der Waals surface area contributed by atoms with Crippen molar-refractivity contribution in [3.63, 3.8) is 0 Å². The van der Waals surface area contributed by atoms with Crippen LogP contribution >= 0.6 is 0 Å². The topological polar surface area (TPSA) is 35.2 Å². The first kappa shape index (κ1) is 11.4. The van der Waals surface area contributed by atoms with Gasteiger partial charge in [0.15, 0.2) is 0 Å². The maximum absolute atomic E-state index is 4.90. The SMILES string of the molecule is CC(C)=CCC/C(C)=C\CON. The summed E-state index contributed by atoms with van der Waals surface area (Å²) in [7, 11) is 0. The van der Waals surface area contributed by atoms with Crippen LogP contribution in [0.2, 0.25) is 0 Å². The molecule has 0 fully saturated rings. The van der Waals surface area contributed by atoms with Crippen LogP contribution in [0, 0.1) is 0 Å². The van der Waals surface area contributed by atoms with Gasteiger partial charge in [0.25, 0.3) is 0 Å². The maximum atomic E-state index is 4.90. The molecule has 2 N–H and O–H groups in total. The van der Waals surface area contributed by atoms with Gasteiger partial charge in [0, 0.05) is 0 Å². The fraction of sp³-hybridized carbons (Fsp3) is 0.600. The molecular formula is C10H19NO. The van der Waals surface area contributed by atoms with E-state index in [2.05, 4.69) is 31.7 Å². The molecule has 0 aromatic carbocycles. The molecule has 0 aliphatic heterocycles. The van der Waals surface area contributed by atoms with Crippen LogP contribution in [-0.2, 0) is 4.84 Å². The Kier molecular flexibility index (Phi) is 6.72. The molecule has 0 radical (unpaired) electrons. The molecule has 0 spiro atoms. The fourth-order valence-corrected chi connectivity index (χ4v) is 0.881. The first-order chi connectivity index (χ1) is 5.66. The molecule has 0 saturated carbocycles. The number of nitrogens with two attached hydrogens (primary N) is 1. The number of allylic oxidation sites excluding steroid dienone is 3. The summed E-state index contributed by atoms with van der Waals surface area (Å²) < 4.78 is 0. The maximum Gasteiger partial charge on any atom is 0.0863 e. The van der Waals surface area contributed by atoms with E-state index in [1.54, 1.807) is 0 Å². The minimum atomic E-state index is 0.515. The van der Waals surface area contributed by atoms with Crippen molar-refractivity contribution >= 4 is 0 Å². The van der Waals surface area contributed by atoms with E-state index >= 15 is 0 Å². The normalized spacial score (nSPS) is 11.5. The second-order valence-corrected chi connectivity index (χ2v) is 3.20. The summed E-state index contributed by atoms with van der Waals surface area (Å²) in [4.78, 5) is 4.45. The van der Waals surface area contributed by atoms with Crippen LogP contribution in [0.25, 0.3) is 0 Å². The Morgan fingerprint density at radius 3 is 2.42 bits per heavy atom. The highest BCUT2D eigenvalue weighted by atomic mass is 16.6. The second-order valence-electron chi connectivity index (χ2n) is 3.20. The molecular weight excluding hydrogens is 150 g/mol. The highest BCUT2D eigenvalue weighted by molar-refractivity contribution is 5.02. The minimum absolute atomic E-state index is 0.515. The van der Waals surface area contributed by atoms with Gasteiger partial charge in [0.05, 0.1) is 6.61 Å². The van der Waals surface area contributed by atoms with E-state index in [1.165, 1.54) is 11.1 Å². The molecule has 12 heavy (non-hydrogen) atoms. The highest BCUT2D eigenvalue weighted by Gasteiger charge is 1.87. The molecule has 0 bridgehead atoms. The standard InChI is InChI=1S/C10H19NO/c1-9(2)5-4-6-10(3)7-8-12-11/h5,7H,4,6,8,11H2,1-3H3/b10-7-. The van der Waals surface area contributed by atoms with Crippen molar-refractivity contribution in [2.45, 2.75) is 33.6 Å². The molecule has 0 rings (SSSR count). The van der Waals surface area contributed by atoms with Gasteiger partial charge in [-0.05, 0) is 33.6 Å². The third kappa shape index (κ3) is 7.51. The van der Waals surface area contributed by atoms with Gasteiger partial charge in [-0.2, -0.15) is 0 Å². The first-order valence-electron chi connectivity index (χ1n) is 4.27. The Bertz CT molecular complexity index is 167. The predicted molar refractivity (Wildman–Crippen MR) is 52.6 cm³/mol. The lowest BCUT2D eigenvalue weighted by Crippen LogP contribution is -1.98. The van der Waals surface area contributed by atoms with Crippen LogP contribution in [0.1, 0.15) is 33.6 Å². The van der Waals surface area contributed by atoms with Crippen molar-refractivity contribution < 1.29 is 4.84 Å². The molecule has 0 unspecified atom stereocenters. The van der Waals surface area contributed by atoms with Crippen molar-refractivity contribution in [1.82, 2.24) is 0 Å². The van der Waals surface area contributed by atoms with E-state index in [9.17, 15) is 0 Å². The summed E-state index contributed by atoms with van der Waals surface area (Å²) in [5.74, 6) is 4.90. The third-order valence-corrected chi connectivity index (χ3v) is 1.62. The lowest BCUT2D eigenvalue weighted by atomic mass is 10.1. The zero-order valence-corrected chi connectivity index (χ0v) is 8.26. The first-order valence-corrected chi connectivity index (χ1v) is 4.27. The van der Waals surface area contributed by atoms with Gasteiger partial charge in [-0.15, -0.1) is 0 Å². The van der Waals surface area contributed by atoms with Crippen LogP contribution in [-0.4, -0.2) is 6.61 Å². The van der Waals surface area contributed by atoms with Crippen LogP contribution in [0.5, 0.6) is 0 Å². The quantitative estimate of drug-likeness (QED) is 0.507. The summed E-state index contributed by atoms with van der Waals surface area (Å²) in [5, 5.41) is 0. The van der Waals surface area contributed by atoms with Crippen LogP contribution in [0.15, 0.2) is 23.3 Å². The Morgan fingerprint density at radius 1 is 1.25 bits per heavy atom. The van der Waals surface area contributed by atoms with E-state index < -0.39 is 0 Å². The van der Waals surface area contributed by atoms with Gasteiger partial charge >= 0.3 is 0 Å². The van der Waals surface area contributed by atoms with E-state index in [0.29, 0.717) is 6.61 Å². The van der Waals surface area contributed by atoms with E-state index in [4.69, 9.17) is 5.90 Å². The number of hydrogen-bond donors (Lipinski definition) is 1. The molecule has 2 nitrogen and oxygen atoms in total. The molecule has 2 heteroatoms. The molecule has 0 atom stereocenters. The summed E-state index contributed by atoms with van der Waals surface area (Å²) in [6, 6.07) is 0. The Balaban J connectivity index is 3.56. The predicted octanol–water partition coefficient (Wildman–Crippen LogP) is 2.57. The number of rotatable bonds is 5. The van der Waals surface area contributed by atoms with Gasteiger partial charge in [-0.1, -0.05) is 23.3 Å². The van der Waals surface area contributed by atoms with Crippen LogP contribution in [0.4, 0.5) is 0 Å². The molecule has 70 valence electrons. The summed E-state index contributed by atoms with van der Waals surface area (Å²) in [5.41, 5.74) is 2.70.